The Bertz CT molecular complexity index is 1390. The van der Waals surface area contributed by atoms with Crippen LogP contribution < -0.4 is 10.0 Å². The van der Waals surface area contributed by atoms with Crippen LogP contribution in [0.4, 0.5) is 10.1 Å². The summed E-state index contributed by atoms with van der Waals surface area (Å²) in [5.74, 6) is -1.20. The summed E-state index contributed by atoms with van der Waals surface area (Å²) in [5, 5.41) is 6.51. The number of halogens is 2. The number of rotatable bonds is 7. The second kappa shape index (κ2) is 9.53. The summed E-state index contributed by atoms with van der Waals surface area (Å²) in [6.07, 6.45) is 3.12. The lowest BCUT2D eigenvalue weighted by molar-refractivity contribution is 0.102. The number of nitrogens with zero attached hydrogens (tertiary/aromatic N) is 2. The zero-order valence-corrected chi connectivity index (χ0v) is 18.6. The van der Waals surface area contributed by atoms with Crippen molar-refractivity contribution in [3.8, 4) is 5.69 Å². The number of benzene rings is 3. The molecule has 1 heterocycles. The Morgan fingerprint density at radius 1 is 1.03 bits per heavy atom. The number of hydrogen-bond donors (Lipinski definition) is 2. The third kappa shape index (κ3) is 5.28. The molecule has 3 aromatic carbocycles. The topological polar surface area (TPSA) is 93.1 Å². The van der Waals surface area contributed by atoms with Crippen LogP contribution in [0.15, 0.2) is 90.1 Å². The molecule has 0 saturated carbocycles. The Morgan fingerprint density at radius 2 is 1.82 bits per heavy atom. The van der Waals surface area contributed by atoms with Crippen molar-refractivity contribution in [2.75, 3.05) is 5.32 Å². The maximum absolute atomic E-state index is 14.4. The van der Waals surface area contributed by atoms with Crippen molar-refractivity contribution >= 4 is 33.2 Å². The van der Waals surface area contributed by atoms with Crippen molar-refractivity contribution in [3.63, 3.8) is 0 Å². The highest BCUT2D eigenvalue weighted by Gasteiger charge is 2.20. The Hall–Kier alpha value is -3.53. The lowest BCUT2D eigenvalue weighted by Gasteiger charge is -2.11. The van der Waals surface area contributed by atoms with E-state index in [4.69, 9.17) is 11.6 Å². The molecule has 1 aromatic heterocycles. The minimum Gasteiger partial charge on any atom is -0.322 e. The molecule has 0 spiro atoms. The molecule has 0 aliphatic rings. The summed E-state index contributed by atoms with van der Waals surface area (Å²) in [6, 6.07) is 18.7. The molecule has 0 saturated heterocycles. The predicted molar refractivity (Wildman–Crippen MR) is 123 cm³/mol. The van der Waals surface area contributed by atoms with E-state index in [-0.39, 0.29) is 33.4 Å². The normalized spacial score (nSPS) is 11.3. The number of sulfonamides is 1. The molecule has 7 nitrogen and oxygen atoms in total. The van der Waals surface area contributed by atoms with Crippen LogP contribution >= 0.6 is 11.6 Å². The lowest BCUT2D eigenvalue weighted by Crippen LogP contribution is -2.24. The maximum Gasteiger partial charge on any atom is 0.255 e. The van der Waals surface area contributed by atoms with Gasteiger partial charge >= 0.3 is 0 Å². The molecule has 0 aliphatic carbocycles. The molecule has 4 aromatic rings. The predicted octanol–water partition coefficient (Wildman–Crippen LogP) is 4.40. The van der Waals surface area contributed by atoms with Gasteiger partial charge in [0.2, 0.25) is 10.0 Å². The fraction of sp³-hybridized carbons (Fsp3) is 0.0435. The number of aromatic nitrogens is 2. The fourth-order valence-corrected chi connectivity index (χ4v) is 4.63. The van der Waals surface area contributed by atoms with E-state index in [1.54, 1.807) is 36.5 Å². The molecule has 0 aliphatic heterocycles. The molecule has 2 N–H and O–H groups in total. The van der Waals surface area contributed by atoms with Crippen LogP contribution in [0.3, 0.4) is 0 Å². The van der Waals surface area contributed by atoms with Gasteiger partial charge in [0, 0.05) is 30.2 Å². The lowest BCUT2D eigenvalue weighted by atomic mass is 10.2. The molecular formula is C23H18ClFN4O3S. The molecule has 0 bridgehead atoms. The largest absolute Gasteiger partial charge is 0.322 e. The SMILES string of the molecule is O=C(Nc1ccc(-n2cccn2)c(F)c1)c1ccc(Cl)c(S(=O)(=O)NCc2ccccc2)c1. The van der Waals surface area contributed by atoms with E-state index in [9.17, 15) is 17.6 Å². The molecule has 0 fully saturated rings. The molecule has 0 unspecified atom stereocenters. The fourth-order valence-electron chi connectivity index (χ4n) is 3.09. The minimum atomic E-state index is -3.99. The van der Waals surface area contributed by atoms with Gasteiger partial charge in [0.25, 0.3) is 5.91 Å². The maximum atomic E-state index is 14.4. The first-order chi connectivity index (χ1) is 15.8. The van der Waals surface area contributed by atoms with Crippen molar-refractivity contribution in [1.82, 2.24) is 14.5 Å². The zero-order valence-electron chi connectivity index (χ0n) is 17.1. The molecule has 4 rings (SSSR count). The smallest absolute Gasteiger partial charge is 0.255 e. The number of nitrogens with one attached hydrogen (secondary N) is 2. The molecule has 10 heteroatoms. The van der Waals surface area contributed by atoms with Gasteiger partial charge in [-0.1, -0.05) is 41.9 Å². The van der Waals surface area contributed by atoms with E-state index in [1.165, 1.54) is 41.2 Å². The Kier molecular flexibility index (Phi) is 6.55. The quantitative estimate of drug-likeness (QED) is 0.406. The van der Waals surface area contributed by atoms with Gasteiger partial charge in [-0.25, -0.2) is 22.2 Å². The van der Waals surface area contributed by atoms with E-state index in [2.05, 4.69) is 15.1 Å². The first-order valence-corrected chi connectivity index (χ1v) is 11.6. The van der Waals surface area contributed by atoms with Gasteiger partial charge in [0.05, 0.1) is 5.02 Å². The van der Waals surface area contributed by atoms with Gasteiger partial charge in [-0.05, 0) is 48.0 Å². The molecule has 168 valence electrons. The van der Waals surface area contributed by atoms with Gasteiger partial charge in [-0.3, -0.25) is 4.79 Å². The number of anilines is 1. The van der Waals surface area contributed by atoms with Gasteiger partial charge in [-0.2, -0.15) is 5.10 Å². The molecular weight excluding hydrogens is 467 g/mol. The second-order valence-electron chi connectivity index (χ2n) is 7.03. The monoisotopic (exact) mass is 484 g/mol. The average molecular weight is 485 g/mol. The zero-order chi connectivity index (χ0) is 23.4. The van der Waals surface area contributed by atoms with Crippen molar-refractivity contribution in [2.24, 2.45) is 0 Å². The summed E-state index contributed by atoms with van der Waals surface area (Å²) < 4.78 is 43.8. The van der Waals surface area contributed by atoms with Gasteiger partial charge < -0.3 is 5.32 Å². The number of carbonyl (C=O) groups excluding carboxylic acids is 1. The Labute approximate surface area is 194 Å². The van der Waals surface area contributed by atoms with Gasteiger partial charge in [0.1, 0.15) is 10.6 Å². The highest BCUT2D eigenvalue weighted by Crippen LogP contribution is 2.24. The summed E-state index contributed by atoms with van der Waals surface area (Å²) in [6.45, 7) is 0.0673. The van der Waals surface area contributed by atoms with Crippen LogP contribution in [-0.4, -0.2) is 24.1 Å². The summed E-state index contributed by atoms with van der Waals surface area (Å²) in [7, 11) is -3.99. The molecule has 33 heavy (non-hydrogen) atoms. The summed E-state index contributed by atoms with van der Waals surface area (Å²) in [5.41, 5.74) is 1.25. The second-order valence-corrected chi connectivity index (χ2v) is 9.17. The third-order valence-corrected chi connectivity index (χ3v) is 6.63. The highest BCUT2D eigenvalue weighted by atomic mass is 35.5. The van der Waals surface area contributed by atoms with Crippen molar-refractivity contribution in [1.29, 1.82) is 0 Å². The van der Waals surface area contributed by atoms with Crippen molar-refractivity contribution in [2.45, 2.75) is 11.4 Å². The van der Waals surface area contributed by atoms with E-state index in [0.717, 1.165) is 11.6 Å². The van der Waals surface area contributed by atoms with Crippen LogP contribution in [0.1, 0.15) is 15.9 Å². The van der Waals surface area contributed by atoms with Crippen LogP contribution in [0, 0.1) is 5.82 Å². The van der Waals surface area contributed by atoms with E-state index in [1.807, 2.05) is 6.07 Å². The van der Waals surface area contributed by atoms with E-state index < -0.39 is 21.7 Å². The average Bonchev–Trinajstić information content (AvgIpc) is 3.33. The molecule has 1 amide bonds. The van der Waals surface area contributed by atoms with Gasteiger partial charge in [0.15, 0.2) is 5.82 Å². The number of carbonyl (C=O) groups is 1. The number of amides is 1. The van der Waals surface area contributed by atoms with Crippen molar-refractivity contribution in [3.05, 3.63) is 107 Å². The summed E-state index contributed by atoms with van der Waals surface area (Å²) >= 11 is 6.11. The molecule has 0 atom stereocenters. The Morgan fingerprint density at radius 3 is 2.52 bits per heavy atom. The molecule has 0 radical (unpaired) electrons. The van der Waals surface area contributed by atoms with Crippen LogP contribution in [0.5, 0.6) is 0 Å². The number of hydrogen-bond acceptors (Lipinski definition) is 4. The van der Waals surface area contributed by atoms with Crippen LogP contribution in [-0.2, 0) is 16.6 Å². The first kappa shape index (κ1) is 22.7. The van der Waals surface area contributed by atoms with Crippen molar-refractivity contribution < 1.29 is 17.6 Å². The van der Waals surface area contributed by atoms with Crippen LogP contribution in [0.25, 0.3) is 5.69 Å². The van der Waals surface area contributed by atoms with E-state index >= 15 is 0 Å². The Balaban J connectivity index is 1.52. The third-order valence-electron chi connectivity index (χ3n) is 4.75. The highest BCUT2D eigenvalue weighted by molar-refractivity contribution is 7.89. The first-order valence-electron chi connectivity index (χ1n) is 9.77. The summed E-state index contributed by atoms with van der Waals surface area (Å²) in [4.78, 5) is 12.5. The van der Waals surface area contributed by atoms with E-state index in [0.29, 0.717) is 0 Å². The van der Waals surface area contributed by atoms with Gasteiger partial charge in [-0.15, -0.1) is 0 Å². The minimum absolute atomic E-state index is 0.0262. The van der Waals surface area contributed by atoms with Crippen LogP contribution in [0.2, 0.25) is 5.02 Å². The standard InChI is InChI=1S/C23H18ClFN4O3S/c24-19-9-7-17(13-22(19)33(31,32)27-15-16-5-2-1-3-6-16)23(30)28-18-8-10-21(20(25)14-18)29-12-4-11-26-29/h1-14,27H,15H2,(H,28,30).